The molecule has 1 aliphatic heterocycles. The number of benzene rings is 1. The van der Waals surface area contributed by atoms with Gasteiger partial charge in [0.25, 0.3) is 0 Å². The first-order chi connectivity index (χ1) is 7.84. The Bertz CT molecular complexity index is 373. The highest BCUT2D eigenvalue weighted by Crippen LogP contribution is 2.38. The molecule has 3 rings (SSSR count). The van der Waals surface area contributed by atoms with E-state index in [1.165, 1.54) is 0 Å². The van der Waals surface area contributed by atoms with E-state index in [1.54, 1.807) is 0 Å². The summed E-state index contributed by atoms with van der Waals surface area (Å²) in [6.07, 6.45) is 5.05. The number of ketones is 1. The van der Waals surface area contributed by atoms with Gasteiger partial charge >= 0.3 is 0 Å². The van der Waals surface area contributed by atoms with Crippen LogP contribution in [0.15, 0.2) is 30.3 Å². The number of epoxide rings is 1. The molecule has 0 bridgehead atoms. The van der Waals surface area contributed by atoms with Crippen LogP contribution in [-0.4, -0.2) is 18.0 Å². The molecule has 1 saturated heterocycles. The minimum Gasteiger partial charge on any atom is -0.370 e. The van der Waals surface area contributed by atoms with Gasteiger partial charge < -0.3 is 4.74 Å². The first-order valence-corrected chi connectivity index (χ1v) is 6.09. The number of carbonyl (C=O) groups is 1. The molecule has 1 aromatic rings. The van der Waals surface area contributed by atoms with Crippen molar-refractivity contribution in [2.75, 3.05) is 0 Å². The largest absolute Gasteiger partial charge is 0.370 e. The first kappa shape index (κ1) is 10.0. The van der Waals surface area contributed by atoms with Crippen LogP contribution in [-0.2, 0) is 4.74 Å². The van der Waals surface area contributed by atoms with Gasteiger partial charge in [0, 0.05) is 11.5 Å². The normalized spacial score (nSPS) is 32.6. The summed E-state index contributed by atoms with van der Waals surface area (Å²) in [4.78, 5) is 12.2. The Balaban J connectivity index is 1.70. The minimum atomic E-state index is 0.221. The predicted octanol–water partition coefficient (Wildman–Crippen LogP) is 2.83. The average Bonchev–Trinajstić information content (AvgIpc) is 3.07. The number of hydrogen-bond acceptors (Lipinski definition) is 2. The molecule has 1 saturated carbocycles. The number of Topliss-reactive ketones (excluding diaryl/α,β-unsaturated/α-hetero) is 1. The van der Waals surface area contributed by atoms with Crippen molar-refractivity contribution >= 4 is 5.78 Å². The smallest absolute Gasteiger partial charge is 0.165 e. The molecule has 0 N–H and O–H groups in total. The summed E-state index contributed by atoms with van der Waals surface area (Å²) in [5.41, 5.74) is 0.865. The van der Waals surface area contributed by atoms with E-state index in [0.717, 1.165) is 31.2 Å². The van der Waals surface area contributed by atoms with Crippen LogP contribution in [0, 0.1) is 5.92 Å². The summed E-state index contributed by atoms with van der Waals surface area (Å²) in [5, 5.41) is 0. The van der Waals surface area contributed by atoms with Crippen LogP contribution in [0.25, 0.3) is 0 Å². The maximum absolute atomic E-state index is 12.2. The average molecular weight is 216 g/mol. The molecule has 1 aromatic carbocycles. The van der Waals surface area contributed by atoms with Gasteiger partial charge in [0.05, 0.1) is 12.2 Å². The second-order valence-electron chi connectivity index (χ2n) is 4.79. The molecule has 1 heterocycles. The fourth-order valence-electron chi connectivity index (χ4n) is 2.66. The van der Waals surface area contributed by atoms with Crippen LogP contribution >= 0.6 is 0 Å². The molecule has 0 aromatic heterocycles. The Kier molecular flexibility index (Phi) is 2.52. The van der Waals surface area contributed by atoms with Gasteiger partial charge in [-0.25, -0.2) is 0 Å². The number of rotatable bonds is 2. The standard InChI is InChI=1S/C14H16O2/c15-14(10-4-2-1-3-5-10)11-6-8-12-13(16-12)9-7-11/h1-5,11-13H,6-9H2. The lowest BCUT2D eigenvalue weighted by atomic mass is 9.91. The maximum Gasteiger partial charge on any atom is 0.165 e. The highest BCUT2D eigenvalue weighted by molar-refractivity contribution is 5.97. The van der Waals surface area contributed by atoms with Gasteiger partial charge in [0.2, 0.25) is 0 Å². The van der Waals surface area contributed by atoms with Gasteiger partial charge in [-0.2, -0.15) is 0 Å². The second kappa shape index (κ2) is 4.02. The third kappa shape index (κ3) is 1.90. The zero-order valence-corrected chi connectivity index (χ0v) is 9.26. The Hall–Kier alpha value is -1.15. The van der Waals surface area contributed by atoms with Crippen molar-refractivity contribution in [3.8, 4) is 0 Å². The zero-order valence-electron chi connectivity index (χ0n) is 9.26. The number of ether oxygens (including phenoxy) is 1. The number of hydrogen-bond donors (Lipinski definition) is 0. The molecule has 2 heteroatoms. The topological polar surface area (TPSA) is 29.6 Å². The molecule has 0 spiro atoms. The van der Waals surface area contributed by atoms with Gasteiger partial charge in [0.1, 0.15) is 0 Å². The molecule has 0 amide bonds. The monoisotopic (exact) mass is 216 g/mol. The van der Waals surface area contributed by atoms with Gasteiger partial charge in [-0.05, 0) is 25.7 Å². The molecule has 2 atom stereocenters. The van der Waals surface area contributed by atoms with Gasteiger partial charge in [-0.3, -0.25) is 4.79 Å². The SMILES string of the molecule is O=C(c1ccccc1)C1CCC2OC2CC1. The van der Waals surface area contributed by atoms with Crippen LogP contribution in [0.4, 0.5) is 0 Å². The molecule has 1 aliphatic carbocycles. The third-order valence-corrected chi connectivity index (χ3v) is 3.72. The quantitative estimate of drug-likeness (QED) is 0.562. The highest BCUT2D eigenvalue weighted by Gasteiger charge is 2.42. The van der Waals surface area contributed by atoms with E-state index in [0.29, 0.717) is 18.0 Å². The summed E-state index contributed by atoms with van der Waals surface area (Å²) in [6.45, 7) is 0. The van der Waals surface area contributed by atoms with E-state index in [2.05, 4.69) is 0 Å². The lowest BCUT2D eigenvalue weighted by Gasteiger charge is -2.13. The van der Waals surface area contributed by atoms with Gasteiger partial charge in [-0.1, -0.05) is 30.3 Å². The van der Waals surface area contributed by atoms with Crippen LogP contribution in [0.3, 0.4) is 0 Å². The van der Waals surface area contributed by atoms with E-state index in [4.69, 9.17) is 4.74 Å². The molecule has 2 fully saturated rings. The summed E-state index contributed by atoms with van der Waals surface area (Å²) in [7, 11) is 0. The van der Waals surface area contributed by atoms with Crippen molar-refractivity contribution in [2.45, 2.75) is 37.9 Å². The molecule has 2 nitrogen and oxygen atoms in total. The fraction of sp³-hybridized carbons (Fsp3) is 0.500. The van der Waals surface area contributed by atoms with Crippen molar-refractivity contribution in [3.63, 3.8) is 0 Å². The molecule has 0 radical (unpaired) electrons. The lowest BCUT2D eigenvalue weighted by molar-refractivity contribution is 0.0899. The van der Waals surface area contributed by atoms with Crippen LogP contribution in [0.5, 0.6) is 0 Å². The molecular formula is C14H16O2. The van der Waals surface area contributed by atoms with Crippen molar-refractivity contribution in [1.82, 2.24) is 0 Å². The van der Waals surface area contributed by atoms with E-state index in [9.17, 15) is 4.79 Å². The van der Waals surface area contributed by atoms with E-state index in [-0.39, 0.29) is 5.92 Å². The Morgan fingerprint density at radius 1 is 1.00 bits per heavy atom. The first-order valence-electron chi connectivity index (χ1n) is 6.09. The number of fused-ring (bicyclic) bond motifs is 1. The van der Waals surface area contributed by atoms with Crippen molar-refractivity contribution in [1.29, 1.82) is 0 Å². The highest BCUT2D eigenvalue weighted by atomic mass is 16.6. The van der Waals surface area contributed by atoms with E-state index < -0.39 is 0 Å². The predicted molar refractivity (Wildman–Crippen MR) is 61.4 cm³/mol. The zero-order chi connectivity index (χ0) is 11.0. The Labute approximate surface area is 95.6 Å². The third-order valence-electron chi connectivity index (χ3n) is 3.72. The van der Waals surface area contributed by atoms with E-state index in [1.807, 2.05) is 30.3 Å². The molecule has 16 heavy (non-hydrogen) atoms. The van der Waals surface area contributed by atoms with E-state index >= 15 is 0 Å². The minimum absolute atomic E-state index is 0.221. The molecule has 2 unspecified atom stereocenters. The van der Waals surface area contributed by atoms with Gasteiger partial charge in [-0.15, -0.1) is 0 Å². The summed E-state index contributed by atoms with van der Waals surface area (Å²) >= 11 is 0. The summed E-state index contributed by atoms with van der Waals surface area (Å²) < 4.78 is 5.48. The van der Waals surface area contributed by atoms with Crippen LogP contribution in [0.1, 0.15) is 36.0 Å². The van der Waals surface area contributed by atoms with Gasteiger partial charge in [0.15, 0.2) is 5.78 Å². The molecule has 84 valence electrons. The Morgan fingerprint density at radius 3 is 2.25 bits per heavy atom. The molecule has 2 aliphatic rings. The number of carbonyl (C=O) groups excluding carboxylic acids is 1. The Morgan fingerprint density at radius 2 is 1.62 bits per heavy atom. The maximum atomic E-state index is 12.2. The lowest BCUT2D eigenvalue weighted by Crippen LogP contribution is -2.14. The summed E-state index contributed by atoms with van der Waals surface area (Å²) in [6, 6.07) is 9.66. The molecular weight excluding hydrogens is 200 g/mol. The van der Waals surface area contributed by atoms with Crippen molar-refractivity contribution in [3.05, 3.63) is 35.9 Å². The van der Waals surface area contributed by atoms with Crippen molar-refractivity contribution < 1.29 is 9.53 Å². The van der Waals surface area contributed by atoms with Crippen LogP contribution < -0.4 is 0 Å². The second-order valence-corrected chi connectivity index (χ2v) is 4.79. The van der Waals surface area contributed by atoms with Crippen molar-refractivity contribution in [2.24, 2.45) is 5.92 Å². The summed E-state index contributed by atoms with van der Waals surface area (Å²) in [5.74, 6) is 0.542. The van der Waals surface area contributed by atoms with Crippen LogP contribution in [0.2, 0.25) is 0 Å². The fourth-order valence-corrected chi connectivity index (χ4v) is 2.66.